The molecular formula is C22H19N3O. The second-order valence-corrected chi connectivity index (χ2v) is 6.28. The fourth-order valence-corrected chi connectivity index (χ4v) is 3.14. The maximum absolute atomic E-state index is 10.9. The topological polar surface area (TPSA) is 58.0 Å². The molecule has 0 amide bonds. The van der Waals surface area contributed by atoms with E-state index in [0.717, 1.165) is 22.3 Å². The minimum absolute atomic E-state index is 0.180. The van der Waals surface area contributed by atoms with Crippen molar-refractivity contribution in [3.63, 3.8) is 0 Å². The first kappa shape index (κ1) is 16.1. The molecule has 0 radical (unpaired) electrons. The average molecular weight is 341 g/mol. The lowest BCUT2D eigenvalue weighted by molar-refractivity contribution is 0.471. The normalized spacial score (nSPS) is 12.0. The highest BCUT2D eigenvalue weighted by Crippen LogP contribution is 2.35. The van der Waals surface area contributed by atoms with E-state index in [4.69, 9.17) is 0 Å². The first-order valence-corrected chi connectivity index (χ1v) is 8.53. The van der Waals surface area contributed by atoms with Gasteiger partial charge in [0.05, 0.1) is 11.7 Å². The summed E-state index contributed by atoms with van der Waals surface area (Å²) in [7, 11) is 0. The van der Waals surface area contributed by atoms with Gasteiger partial charge < -0.3 is 10.4 Å². The zero-order valence-corrected chi connectivity index (χ0v) is 14.4. The minimum Gasteiger partial charge on any atom is -0.505 e. The Hall–Kier alpha value is -3.40. The molecule has 128 valence electrons. The summed E-state index contributed by atoms with van der Waals surface area (Å²) in [6.07, 6.45) is 3.45. The molecule has 4 nitrogen and oxygen atoms in total. The SMILES string of the molecule is Cc1cccc(N[C@@H](c2ccccn2)c2ccc3cccnc3c2O)c1. The molecule has 0 fully saturated rings. The third kappa shape index (κ3) is 3.09. The van der Waals surface area contributed by atoms with E-state index in [1.54, 1.807) is 12.4 Å². The summed E-state index contributed by atoms with van der Waals surface area (Å²) in [5.74, 6) is 0.180. The van der Waals surface area contributed by atoms with Gasteiger partial charge in [0.2, 0.25) is 0 Å². The zero-order valence-electron chi connectivity index (χ0n) is 14.4. The summed E-state index contributed by atoms with van der Waals surface area (Å²) in [5.41, 5.74) is 4.31. The molecule has 2 heterocycles. The molecule has 26 heavy (non-hydrogen) atoms. The van der Waals surface area contributed by atoms with Crippen LogP contribution >= 0.6 is 0 Å². The second kappa shape index (κ2) is 6.84. The van der Waals surface area contributed by atoms with Crippen molar-refractivity contribution in [2.24, 2.45) is 0 Å². The minimum atomic E-state index is -0.288. The van der Waals surface area contributed by atoms with Crippen LogP contribution in [-0.2, 0) is 0 Å². The smallest absolute Gasteiger partial charge is 0.147 e. The van der Waals surface area contributed by atoms with Crippen LogP contribution in [0, 0.1) is 6.92 Å². The summed E-state index contributed by atoms with van der Waals surface area (Å²) in [4.78, 5) is 8.84. The number of aromatic nitrogens is 2. The number of fused-ring (bicyclic) bond motifs is 1. The van der Waals surface area contributed by atoms with Crippen molar-refractivity contribution in [1.82, 2.24) is 9.97 Å². The number of rotatable bonds is 4. The van der Waals surface area contributed by atoms with Crippen LogP contribution in [0.3, 0.4) is 0 Å². The molecule has 2 N–H and O–H groups in total. The molecule has 4 heteroatoms. The van der Waals surface area contributed by atoms with Crippen molar-refractivity contribution >= 4 is 16.6 Å². The Morgan fingerprint density at radius 1 is 0.885 bits per heavy atom. The monoisotopic (exact) mass is 341 g/mol. The lowest BCUT2D eigenvalue weighted by atomic mass is 9.99. The van der Waals surface area contributed by atoms with Crippen LogP contribution in [0.1, 0.15) is 22.9 Å². The predicted molar refractivity (Wildman–Crippen MR) is 104 cm³/mol. The second-order valence-electron chi connectivity index (χ2n) is 6.28. The fraction of sp³-hybridized carbons (Fsp3) is 0.0909. The van der Waals surface area contributed by atoms with Crippen molar-refractivity contribution in [3.05, 3.63) is 95.9 Å². The van der Waals surface area contributed by atoms with E-state index >= 15 is 0 Å². The van der Waals surface area contributed by atoms with Gasteiger partial charge in [0, 0.05) is 29.0 Å². The van der Waals surface area contributed by atoms with Crippen LogP contribution in [0.25, 0.3) is 10.9 Å². The Bertz CT molecular complexity index is 1050. The first-order chi connectivity index (χ1) is 12.7. The number of nitrogens with zero attached hydrogens (tertiary/aromatic N) is 2. The van der Waals surface area contributed by atoms with Crippen LogP contribution in [0.5, 0.6) is 5.75 Å². The van der Waals surface area contributed by atoms with E-state index in [1.807, 2.05) is 54.6 Å². The summed E-state index contributed by atoms with van der Waals surface area (Å²) < 4.78 is 0. The molecule has 0 bridgehead atoms. The van der Waals surface area contributed by atoms with Gasteiger partial charge in [-0.05, 0) is 42.8 Å². The van der Waals surface area contributed by atoms with E-state index in [2.05, 4.69) is 34.3 Å². The maximum atomic E-state index is 10.9. The third-order valence-corrected chi connectivity index (χ3v) is 4.40. The Morgan fingerprint density at radius 2 is 1.77 bits per heavy atom. The van der Waals surface area contributed by atoms with E-state index in [0.29, 0.717) is 5.52 Å². The van der Waals surface area contributed by atoms with Gasteiger partial charge in [0.25, 0.3) is 0 Å². The summed E-state index contributed by atoms with van der Waals surface area (Å²) in [5, 5.41) is 15.3. The Balaban J connectivity index is 1.84. The van der Waals surface area contributed by atoms with Crippen molar-refractivity contribution in [2.75, 3.05) is 5.32 Å². The number of nitrogens with one attached hydrogen (secondary N) is 1. The van der Waals surface area contributed by atoms with Crippen molar-refractivity contribution in [2.45, 2.75) is 13.0 Å². The molecule has 0 spiro atoms. The largest absolute Gasteiger partial charge is 0.505 e. The summed E-state index contributed by atoms with van der Waals surface area (Å²) in [6, 6.07) is 21.4. The van der Waals surface area contributed by atoms with Crippen molar-refractivity contribution in [1.29, 1.82) is 0 Å². The van der Waals surface area contributed by atoms with Gasteiger partial charge in [-0.25, -0.2) is 0 Å². The maximum Gasteiger partial charge on any atom is 0.147 e. The van der Waals surface area contributed by atoms with Crippen molar-refractivity contribution in [3.8, 4) is 5.75 Å². The number of hydrogen-bond acceptors (Lipinski definition) is 4. The van der Waals surface area contributed by atoms with Crippen LogP contribution in [-0.4, -0.2) is 15.1 Å². The number of pyridine rings is 2. The predicted octanol–water partition coefficient (Wildman–Crippen LogP) is 4.85. The van der Waals surface area contributed by atoms with Gasteiger partial charge in [0.1, 0.15) is 11.3 Å². The standard InChI is InChI=1S/C22H19N3O/c1-15-6-4-8-17(14-15)25-21(19-9-2-3-12-23-19)18-11-10-16-7-5-13-24-20(16)22(18)26/h2-14,21,25-26H,1H3/t21-/m1/s1. The molecule has 0 saturated heterocycles. The highest BCUT2D eigenvalue weighted by Gasteiger charge is 2.20. The molecule has 1 atom stereocenters. The van der Waals surface area contributed by atoms with E-state index in [-0.39, 0.29) is 11.8 Å². The van der Waals surface area contributed by atoms with Crippen LogP contribution in [0.2, 0.25) is 0 Å². The Kier molecular flexibility index (Phi) is 4.23. The van der Waals surface area contributed by atoms with Gasteiger partial charge >= 0.3 is 0 Å². The van der Waals surface area contributed by atoms with Gasteiger partial charge in [-0.2, -0.15) is 0 Å². The van der Waals surface area contributed by atoms with Crippen LogP contribution in [0.15, 0.2) is 79.1 Å². The number of hydrogen-bond donors (Lipinski definition) is 2. The molecule has 0 aliphatic carbocycles. The number of aryl methyl sites for hydroxylation is 1. The fourth-order valence-electron chi connectivity index (χ4n) is 3.14. The molecular weight excluding hydrogens is 322 g/mol. The summed E-state index contributed by atoms with van der Waals surface area (Å²) in [6.45, 7) is 2.05. The van der Waals surface area contributed by atoms with Gasteiger partial charge in [0.15, 0.2) is 0 Å². The number of phenolic OH excluding ortho intramolecular Hbond substituents is 1. The molecule has 0 saturated carbocycles. The lowest BCUT2D eigenvalue weighted by Gasteiger charge is -2.22. The number of phenols is 1. The van der Waals surface area contributed by atoms with Crippen LogP contribution < -0.4 is 5.32 Å². The highest BCUT2D eigenvalue weighted by atomic mass is 16.3. The molecule has 4 aromatic rings. The van der Waals surface area contributed by atoms with E-state index in [1.165, 1.54) is 5.56 Å². The lowest BCUT2D eigenvalue weighted by Crippen LogP contribution is -2.14. The Morgan fingerprint density at radius 3 is 2.58 bits per heavy atom. The quantitative estimate of drug-likeness (QED) is 0.557. The van der Waals surface area contributed by atoms with Crippen LogP contribution in [0.4, 0.5) is 5.69 Å². The van der Waals surface area contributed by atoms with E-state index < -0.39 is 0 Å². The molecule has 0 aliphatic heterocycles. The molecule has 2 aromatic carbocycles. The van der Waals surface area contributed by atoms with E-state index in [9.17, 15) is 5.11 Å². The van der Waals surface area contributed by atoms with Gasteiger partial charge in [-0.1, -0.05) is 36.4 Å². The first-order valence-electron chi connectivity index (χ1n) is 8.53. The highest BCUT2D eigenvalue weighted by molar-refractivity contribution is 5.85. The zero-order chi connectivity index (χ0) is 17.9. The molecule has 0 unspecified atom stereocenters. The number of benzene rings is 2. The summed E-state index contributed by atoms with van der Waals surface area (Å²) >= 11 is 0. The molecule has 2 aromatic heterocycles. The van der Waals surface area contributed by atoms with Gasteiger partial charge in [-0.3, -0.25) is 9.97 Å². The van der Waals surface area contributed by atoms with Crippen molar-refractivity contribution < 1.29 is 5.11 Å². The molecule has 0 aliphatic rings. The third-order valence-electron chi connectivity index (χ3n) is 4.40. The average Bonchev–Trinajstić information content (AvgIpc) is 2.68. The van der Waals surface area contributed by atoms with Gasteiger partial charge in [-0.15, -0.1) is 0 Å². The number of anilines is 1. The Labute approximate surface area is 152 Å². The number of aromatic hydroxyl groups is 1. The molecule has 4 rings (SSSR count).